The van der Waals surface area contributed by atoms with Gasteiger partial charge in [-0.15, -0.1) is 6.58 Å². The van der Waals surface area contributed by atoms with Crippen molar-refractivity contribution in [3.8, 4) is 0 Å². The summed E-state index contributed by atoms with van der Waals surface area (Å²) in [5.41, 5.74) is 2.20. The molecule has 1 amide bonds. The highest BCUT2D eigenvalue weighted by molar-refractivity contribution is 5.97. The van der Waals surface area contributed by atoms with E-state index in [2.05, 4.69) is 11.9 Å². The molecule has 0 spiro atoms. The molecule has 0 aliphatic carbocycles. The highest BCUT2D eigenvalue weighted by atomic mass is 16.2. The Hall–Kier alpha value is -2.88. The average Bonchev–Trinajstić information content (AvgIpc) is 2.58. The van der Waals surface area contributed by atoms with Crippen molar-refractivity contribution in [3.05, 3.63) is 72.8 Å². The zero-order valence-electron chi connectivity index (χ0n) is 13.2. The fourth-order valence-electron chi connectivity index (χ4n) is 2.21. The van der Waals surface area contributed by atoms with E-state index < -0.39 is 0 Å². The molecule has 0 atom stereocenters. The molecule has 2 aromatic rings. The summed E-state index contributed by atoms with van der Waals surface area (Å²) in [6.07, 6.45) is 1.70. The number of ketones is 1. The van der Waals surface area contributed by atoms with Crippen molar-refractivity contribution in [1.82, 2.24) is 0 Å². The third-order valence-electron chi connectivity index (χ3n) is 3.39. The lowest BCUT2D eigenvalue weighted by Gasteiger charge is -2.21. The minimum Gasteiger partial charge on any atom is -0.376 e. The van der Waals surface area contributed by atoms with Crippen molar-refractivity contribution in [3.63, 3.8) is 0 Å². The summed E-state index contributed by atoms with van der Waals surface area (Å²) in [6, 6.07) is 16.6. The molecule has 0 aliphatic rings. The summed E-state index contributed by atoms with van der Waals surface area (Å²) in [5, 5.41) is 3.07. The maximum Gasteiger partial charge on any atom is 0.246 e. The van der Waals surface area contributed by atoms with Gasteiger partial charge in [-0.2, -0.15) is 0 Å². The molecule has 1 N–H and O–H groups in total. The number of para-hydroxylation sites is 1. The van der Waals surface area contributed by atoms with Gasteiger partial charge in [0.25, 0.3) is 0 Å². The molecule has 0 heterocycles. The summed E-state index contributed by atoms with van der Waals surface area (Å²) in [6.45, 7) is 5.81. The van der Waals surface area contributed by atoms with Gasteiger partial charge in [-0.05, 0) is 31.2 Å². The van der Waals surface area contributed by atoms with E-state index in [4.69, 9.17) is 0 Å². The van der Waals surface area contributed by atoms with Crippen LogP contribution in [0.3, 0.4) is 0 Å². The molecular formula is C19H20N2O2. The number of benzene rings is 2. The number of nitrogens with zero attached hydrogens (tertiary/aromatic N) is 1. The number of anilines is 2. The van der Waals surface area contributed by atoms with E-state index in [1.807, 2.05) is 36.4 Å². The third-order valence-corrected chi connectivity index (χ3v) is 3.39. The standard InChI is InChI=1S/C19H20N2O2/c1-3-12-21(18-10-5-4-6-11-18)19(23)14-20-17-9-7-8-16(13-17)15(2)22/h3-11,13,20H,1,12,14H2,2H3. The number of carbonyl (C=O) groups excluding carboxylic acids is 2. The first kappa shape index (κ1) is 16.5. The number of hydrogen-bond acceptors (Lipinski definition) is 3. The van der Waals surface area contributed by atoms with Gasteiger partial charge in [0.2, 0.25) is 5.91 Å². The lowest BCUT2D eigenvalue weighted by atomic mass is 10.1. The predicted octanol–water partition coefficient (Wildman–Crippen LogP) is 3.52. The fraction of sp³-hybridized carbons (Fsp3) is 0.158. The van der Waals surface area contributed by atoms with Crippen LogP contribution in [-0.4, -0.2) is 24.8 Å². The molecule has 0 fully saturated rings. The van der Waals surface area contributed by atoms with Crippen LogP contribution in [0.15, 0.2) is 67.3 Å². The molecule has 0 unspecified atom stereocenters. The number of carbonyl (C=O) groups is 2. The van der Waals surface area contributed by atoms with E-state index in [0.717, 1.165) is 11.4 Å². The van der Waals surface area contributed by atoms with E-state index in [1.165, 1.54) is 6.92 Å². The Bertz CT molecular complexity index is 696. The Morgan fingerprint density at radius 1 is 1.13 bits per heavy atom. The van der Waals surface area contributed by atoms with Gasteiger partial charge in [-0.1, -0.05) is 36.4 Å². The molecule has 0 aromatic heterocycles. The minimum atomic E-state index is -0.0654. The predicted molar refractivity (Wildman–Crippen MR) is 93.9 cm³/mol. The van der Waals surface area contributed by atoms with Gasteiger partial charge in [0.05, 0.1) is 6.54 Å². The Labute approximate surface area is 136 Å². The lowest BCUT2D eigenvalue weighted by Crippen LogP contribution is -2.35. The monoisotopic (exact) mass is 308 g/mol. The van der Waals surface area contributed by atoms with Crippen LogP contribution in [0, 0.1) is 0 Å². The van der Waals surface area contributed by atoms with Crippen molar-refractivity contribution >= 4 is 23.1 Å². The van der Waals surface area contributed by atoms with Crippen LogP contribution in [0.4, 0.5) is 11.4 Å². The van der Waals surface area contributed by atoms with Gasteiger partial charge in [-0.25, -0.2) is 0 Å². The number of rotatable bonds is 7. The minimum absolute atomic E-state index is 0.00227. The molecule has 4 heteroatoms. The van der Waals surface area contributed by atoms with Gasteiger partial charge < -0.3 is 10.2 Å². The fourth-order valence-corrected chi connectivity index (χ4v) is 2.21. The van der Waals surface area contributed by atoms with Crippen molar-refractivity contribution in [1.29, 1.82) is 0 Å². The lowest BCUT2D eigenvalue weighted by molar-refractivity contribution is -0.116. The van der Waals surface area contributed by atoms with E-state index in [-0.39, 0.29) is 18.2 Å². The zero-order chi connectivity index (χ0) is 16.7. The average molecular weight is 308 g/mol. The van der Waals surface area contributed by atoms with Gasteiger partial charge in [-0.3, -0.25) is 9.59 Å². The van der Waals surface area contributed by atoms with Gasteiger partial charge in [0, 0.05) is 23.5 Å². The first-order chi connectivity index (χ1) is 11.1. The summed E-state index contributed by atoms with van der Waals surface area (Å²) < 4.78 is 0. The van der Waals surface area contributed by atoms with Crippen LogP contribution in [0.1, 0.15) is 17.3 Å². The quantitative estimate of drug-likeness (QED) is 0.629. The second-order valence-corrected chi connectivity index (χ2v) is 5.12. The van der Waals surface area contributed by atoms with Crippen molar-refractivity contribution in [2.45, 2.75) is 6.92 Å². The molecule has 118 valence electrons. The summed E-state index contributed by atoms with van der Waals surface area (Å²) in [4.78, 5) is 25.5. The highest BCUT2D eigenvalue weighted by Gasteiger charge is 2.13. The number of nitrogens with one attached hydrogen (secondary N) is 1. The topological polar surface area (TPSA) is 49.4 Å². The highest BCUT2D eigenvalue weighted by Crippen LogP contribution is 2.15. The normalized spacial score (nSPS) is 9.96. The smallest absolute Gasteiger partial charge is 0.246 e. The third kappa shape index (κ3) is 4.54. The Balaban J connectivity index is 2.06. The number of hydrogen-bond donors (Lipinski definition) is 1. The summed E-state index contributed by atoms with van der Waals surface area (Å²) in [7, 11) is 0. The Kier molecular flexibility index (Phi) is 5.69. The molecule has 23 heavy (non-hydrogen) atoms. The van der Waals surface area contributed by atoms with Crippen molar-refractivity contribution < 1.29 is 9.59 Å². The summed E-state index contributed by atoms with van der Waals surface area (Å²) >= 11 is 0. The second-order valence-electron chi connectivity index (χ2n) is 5.12. The van der Waals surface area contributed by atoms with Crippen LogP contribution in [0.5, 0.6) is 0 Å². The van der Waals surface area contributed by atoms with Gasteiger partial charge in [0.15, 0.2) is 5.78 Å². The molecule has 0 bridgehead atoms. The van der Waals surface area contributed by atoms with Crippen LogP contribution < -0.4 is 10.2 Å². The largest absolute Gasteiger partial charge is 0.376 e. The molecule has 4 nitrogen and oxygen atoms in total. The molecule has 0 saturated carbocycles. The molecule has 0 aliphatic heterocycles. The Morgan fingerprint density at radius 3 is 2.52 bits per heavy atom. The van der Waals surface area contributed by atoms with Crippen LogP contribution in [0.2, 0.25) is 0 Å². The van der Waals surface area contributed by atoms with E-state index >= 15 is 0 Å². The molecular weight excluding hydrogens is 288 g/mol. The van der Waals surface area contributed by atoms with E-state index in [9.17, 15) is 9.59 Å². The van der Waals surface area contributed by atoms with E-state index in [1.54, 1.807) is 29.2 Å². The molecule has 2 rings (SSSR count). The maximum atomic E-state index is 12.5. The maximum absolute atomic E-state index is 12.5. The first-order valence-corrected chi connectivity index (χ1v) is 7.43. The number of Topliss-reactive ketones (excluding diaryl/α,β-unsaturated/α-hetero) is 1. The SMILES string of the molecule is C=CCN(C(=O)CNc1cccc(C(C)=O)c1)c1ccccc1. The van der Waals surface area contributed by atoms with Crippen LogP contribution >= 0.6 is 0 Å². The summed E-state index contributed by atoms with van der Waals surface area (Å²) in [5.74, 6) is -0.0677. The zero-order valence-corrected chi connectivity index (χ0v) is 13.2. The van der Waals surface area contributed by atoms with E-state index in [0.29, 0.717) is 12.1 Å². The second kappa shape index (κ2) is 7.94. The van der Waals surface area contributed by atoms with Crippen molar-refractivity contribution in [2.24, 2.45) is 0 Å². The molecule has 2 aromatic carbocycles. The Morgan fingerprint density at radius 2 is 1.87 bits per heavy atom. The van der Waals surface area contributed by atoms with Crippen LogP contribution in [0.25, 0.3) is 0 Å². The van der Waals surface area contributed by atoms with Crippen LogP contribution in [-0.2, 0) is 4.79 Å². The first-order valence-electron chi connectivity index (χ1n) is 7.43. The molecule has 0 radical (unpaired) electrons. The van der Waals surface area contributed by atoms with Gasteiger partial charge in [0.1, 0.15) is 0 Å². The number of amides is 1. The van der Waals surface area contributed by atoms with Gasteiger partial charge >= 0.3 is 0 Å². The van der Waals surface area contributed by atoms with Crippen molar-refractivity contribution in [2.75, 3.05) is 23.3 Å². The molecule has 0 saturated heterocycles.